The number of benzene rings is 3. The number of fused-ring (bicyclic) bond motifs is 1. The van der Waals surface area contributed by atoms with Gasteiger partial charge in [-0.3, -0.25) is 19.5 Å². The van der Waals surface area contributed by atoms with Gasteiger partial charge in [0.05, 0.1) is 16.6 Å². The molecule has 2 N–H and O–H groups in total. The second kappa shape index (κ2) is 9.63. The van der Waals surface area contributed by atoms with Crippen molar-refractivity contribution in [3.8, 4) is 11.4 Å². The van der Waals surface area contributed by atoms with Crippen molar-refractivity contribution in [1.29, 1.82) is 0 Å². The zero-order valence-electron chi connectivity index (χ0n) is 19.3. The number of aromatic nitrogens is 4. The lowest BCUT2D eigenvalue weighted by Crippen LogP contribution is -2.31. The Balaban J connectivity index is 1.50. The number of aromatic amines is 1. The van der Waals surface area contributed by atoms with Gasteiger partial charge in [-0.2, -0.15) is 4.68 Å². The number of rotatable bonds is 6. The molecule has 10 heteroatoms. The molecule has 0 aliphatic heterocycles. The maximum atomic E-state index is 13.3. The fourth-order valence-electron chi connectivity index (χ4n) is 3.74. The average Bonchev–Trinajstić information content (AvgIpc) is 3.19. The maximum absolute atomic E-state index is 13.3. The normalized spacial score (nSPS) is 11.2. The molecule has 178 valence electrons. The van der Waals surface area contributed by atoms with Gasteiger partial charge in [0.1, 0.15) is 6.67 Å². The first-order valence-corrected chi connectivity index (χ1v) is 11.1. The molecule has 0 fully saturated rings. The smallest absolute Gasteiger partial charge is 0.296 e. The van der Waals surface area contributed by atoms with Crippen molar-refractivity contribution in [2.75, 3.05) is 0 Å². The first kappa shape index (κ1) is 22.7. The number of nitrogens with one attached hydrogen (secondary N) is 2. The van der Waals surface area contributed by atoms with E-state index in [-0.39, 0.29) is 18.3 Å². The van der Waals surface area contributed by atoms with Crippen LogP contribution in [0.1, 0.15) is 16.1 Å². The predicted molar refractivity (Wildman–Crippen MR) is 135 cm³/mol. The van der Waals surface area contributed by atoms with Crippen LogP contribution in [0.5, 0.6) is 0 Å². The first-order valence-electron chi connectivity index (χ1n) is 11.1. The Kier molecular flexibility index (Phi) is 6.06. The molecular weight excluding hydrogens is 458 g/mol. The van der Waals surface area contributed by atoms with Crippen LogP contribution in [0.25, 0.3) is 22.3 Å². The van der Waals surface area contributed by atoms with Gasteiger partial charge in [0.2, 0.25) is 0 Å². The minimum atomic E-state index is -0.493. The number of carbonyl (C=O) groups is 1. The van der Waals surface area contributed by atoms with Crippen LogP contribution in [-0.2, 0) is 6.67 Å². The van der Waals surface area contributed by atoms with Gasteiger partial charge in [-0.05, 0) is 31.2 Å². The number of para-hydroxylation sites is 1. The van der Waals surface area contributed by atoms with Crippen molar-refractivity contribution in [1.82, 2.24) is 24.8 Å². The van der Waals surface area contributed by atoms with Crippen LogP contribution in [-0.4, -0.2) is 25.3 Å². The molecule has 0 saturated heterocycles. The van der Waals surface area contributed by atoms with E-state index in [0.29, 0.717) is 33.5 Å². The molecule has 0 saturated carbocycles. The number of aryl methyl sites for hydroxylation is 1. The van der Waals surface area contributed by atoms with Crippen LogP contribution in [0.3, 0.4) is 0 Å². The highest BCUT2D eigenvalue weighted by molar-refractivity contribution is 5.93. The van der Waals surface area contributed by atoms with Gasteiger partial charge in [0, 0.05) is 11.1 Å². The fraction of sp³-hybridized carbons (Fsp3) is 0.0769. The topological polar surface area (TPSA) is 126 Å². The Morgan fingerprint density at radius 2 is 1.58 bits per heavy atom. The van der Waals surface area contributed by atoms with Gasteiger partial charge in [0.15, 0.2) is 11.5 Å². The standard InChI is InChI=1S/C26H21N7O3/c1-17-22(26(36)32(30-17)16-27-24(34)19-12-6-3-7-13-19)29-31-33-23(18-10-4-2-5-11-18)28-21-15-9-8-14-20(21)25(33)35/h2-15,30H,16H2,1H3,(H,27,34). The summed E-state index contributed by atoms with van der Waals surface area (Å²) in [7, 11) is 0. The number of hydrogen-bond donors (Lipinski definition) is 2. The van der Waals surface area contributed by atoms with Crippen LogP contribution < -0.4 is 16.4 Å². The first-order chi connectivity index (χ1) is 17.5. The summed E-state index contributed by atoms with van der Waals surface area (Å²) in [6, 6.07) is 24.8. The van der Waals surface area contributed by atoms with Crippen molar-refractivity contribution >= 4 is 22.5 Å². The molecule has 0 aliphatic rings. The zero-order valence-corrected chi connectivity index (χ0v) is 19.3. The molecule has 0 radical (unpaired) electrons. The number of amides is 1. The molecular formula is C26H21N7O3. The summed E-state index contributed by atoms with van der Waals surface area (Å²) in [5.41, 5.74) is 1.22. The third-order valence-electron chi connectivity index (χ3n) is 5.56. The summed E-state index contributed by atoms with van der Waals surface area (Å²) in [5, 5.41) is 14.2. The van der Waals surface area contributed by atoms with E-state index in [9.17, 15) is 14.4 Å². The van der Waals surface area contributed by atoms with Gasteiger partial charge in [-0.25, -0.2) is 9.67 Å². The number of carbonyl (C=O) groups excluding carboxylic acids is 1. The molecule has 5 aromatic rings. The van der Waals surface area contributed by atoms with Crippen molar-refractivity contribution in [2.45, 2.75) is 13.6 Å². The Labute approximate surface area is 204 Å². The predicted octanol–water partition coefficient (Wildman–Crippen LogP) is 3.80. The second-order valence-corrected chi connectivity index (χ2v) is 7.97. The molecule has 0 atom stereocenters. The third-order valence-corrected chi connectivity index (χ3v) is 5.56. The lowest BCUT2D eigenvalue weighted by atomic mass is 10.2. The SMILES string of the molecule is Cc1[nH]n(CNC(=O)c2ccccc2)c(=O)c1N=Nn1c(-c2ccccc2)nc2ccccc2c1=O. The van der Waals surface area contributed by atoms with Crippen LogP contribution in [0, 0.1) is 6.92 Å². The van der Waals surface area contributed by atoms with E-state index >= 15 is 0 Å². The Bertz CT molecular complexity index is 1700. The van der Waals surface area contributed by atoms with Crippen LogP contribution >= 0.6 is 0 Å². The molecule has 1 amide bonds. The molecule has 5 rings (SSSR count). The molecule has 2 aromatic heterocycles. The quantitative estimate of drug-likeness (QED) is 0.359. The Morgan fingerprint density at radius 1 is 0.917 bits per heavy atom. The van der Waals surface area contributed by atoms with E-state index in [2.05, 4.69) is 25.7 Å². The van der Waals surface area contributed by atoms with Crippen LogP contribution in [0.2, 0.25) is 0 Å². The average molecular weight is 480 g/mol. The largest absolute Gasteiger partial charge is 0.333 e. The van der Waals surface area contributed by atoms with Gasteiger partial charge in [0.25, 0.3) is 17.0 Å². The summed E-state index contributed by atoms with van der Waals surface area (Å²) >= 11 is 0. The van der Waals surface area contributed by atoms with E-state index < -0.39 is 11.1 Å². The number of hydrogen-bond acceptors (Lipinski definition) is 6. The molecule has 3 aromatic carbocycles. The van der Waals surface area contributed by atoms with E-state index in [4.69, 9.17) is 0 Å². The number of nitrogens with zero attached hydrogens (tertiary/aromatic N) is 5. The van der Waals surface area contributed by atoms with Gasteiger partial charge >= 0.3 is 0 Å². The lowest BCUT2D eigenvalue weighted by molar-refractivity contribution is 0.0939. The molecule has 0 bridgehead atoms. The lowest BCUT2D eigenvalue weighted by Gasteiger charge is -2.08. The van der Waals surface area contributed by atoms with Gasteiger partial charge < -0.3 is 5.32 Å². The highest BCUT2D eigenvalue weighted by Crippen LogP contribution is 2.20. The molecule has 2 heterocycles. The fourth-order valence-corrected chi connectivity index (χ4v) is 3.74. The summed E-state index contributed by atoms with van der Waals surface area (Å²) < 4.78 is 2.30. The Hall–Kier alpha value is -5.12. The van der Waals surface area contributed by atoms with E-state index in [1.54, 1.807) is 55.5 Å². The summed E-state index contributed by atoms with van der Waals surface area (Å²) in [6.45, 7) is 1.57. The Morgan fingerprint density at radius 3 is 2.33 bits per heavy atom. The van der Waals surface area contributed by atoms with E-state index in [0.717, 1.165) is 4.68 Å². The van der Waals surface area contributed by atoms with Gasteiger partial charge in [-0.1, -0.05) is 65.9 Å². The summed E-state index contributed by atoms with van der Waals surface area (Å²) in [6.07, 6.45) is 0. The van der Waals surface area contributed by atoms with Gasteiger partial charge in [-0.15, -0.1) is 5.11 Å². The van der Waals surface area contributed by atoms with Crippen LogP contribution in [0.15, 0.2) is 105 Å². The third kappa shape index (κ3) is 4.34. The van der Waals surface area contributed by atoms with Crippen molar-refractivity contribution in [3.05, 3.63) is 117 Å². The van der Waals surface area contributed by atoms with E-state index in [1.165, 1.54) is 4.68 Å². The maximum Gasteiger partial charge on any atom is 0.296 e. The monoisotopic (exact) mass is 479 g/mol. The van der Waals surface area contributed by atoms with Crippen molar-refractivity contribution in [2.24, 2.45) is 10.3 Å². The van der Waals surface area contributed by atoms with Crippen molar-refractivity contribution < 1.29 is 4.79 Å². The molecule has 10 nitrogen and oxygen atoms in total. The minimum absolute atomic E-state index is 0.0167. The summed E-state index contributed by atoms with van der Waals surface area (Å²) in [4.78, 5) is 43.1. The van der Waals surface area contributed by atoms with E-state index in [1.807, 2.05) is 36.4 Å². The molecule has 0 unspecified atom stereocenters. The van der Waals surface area contributed by atoms with Crippen LogP contribution in [0.4, 0.5) is 5.69 Å². The molecule has 0 spiro atoms. The van der Waals surface area contributed by atoms with Crippen molar-refractivity contribution in [3.63, 3.8) is 0 Å². The minimum Gasteiger partial charge on any atom is -0.333 e. The molecule has 0 aliphatic carbocycles. The highest BCUT2D eigenvalue weighted by atomic mass is 16.2. The second-order valence-electron chi connectivity index (χ2n) is 7.97. The highest BCUT2D eigenvalue weighted by Gasteiger charge is 2.15. The number of H-pyrrole nitrogens is 1. The molecule has 36 heavy (non-hydrogen) atoms. The zero-order chi connectivity index (χ0) is 25.1. The summed E-state index contributed by atoms with van der Waals surface area (Å²) in [5.74, 6) is -0.0223.